The fraction of sp³-hybridized carbons (Fsp3) is 0.0667. The second kappa shape index (κ2) is 15.0. The molecule has 9 heteroatoms. The molecule has 200 valence electrons. The zero-order valence-electron chi connectivity index (χ0n) is 21.4. The van der Waals surface area contributed by atoms with Gasteiger partial charge in [0.1, 0.15) is 5.76 Å². The maximum absolute atomic E-state index is 12.6. The van der Waals surface area contributed by atoms with Crippen molar-refractivity contribution in [3.05, 3.63) is 109 Å². The SMILES string of the molecule is C=CC(=O)OC(=C\C(=O)/C=C/c1ccc(OC(=O)C=C)c(OC)c1)/C=C/c1ccc(OC(=O)C=C)c(OC)c1. The molecule has 0 spiro atoms. The van der Waals surface area contributed by atoms with Crippen LogP contribution >= 0.6 is 0 Å². The highest BCUT2D eigenvalue weighted by molar-refractivity contribution is 6.03. The summed E-state index contributed by atoms with van der Waals surface area (Å²) in [4.78, 5) is 47.3. The zero-order valence-corrected chi connectivity index (χ0v) is 21.4. The standard InChI is InChI=1S/C30H26O9/c1-6-28(32)37-23(14-10-21-12-16-25(27(18-21)36-5)39-30(34)8-3)19-22(31)13-9-20-11-15-24(26(17-20)35-4)38-29(33)7-2/h6-19H,1-3H2,4-5H3/b13-9+,14-10+,23-19-. The summed E-state index contributed by atoms with van der Waals surface area (Å²) in [6, 6.07) is 9.43. The van der Waals surface area contributed by atoms with Gasteiger partial charge in [0.05, 0.1) is 14.2 Å². The van der Waals surface area contributed by atoms with Crippen LogP contribution in [0.5, 0.6) is 23.0 Å². The highest BCUT2D eigenvalue weighted by Gasteiger charge is 2.10. The van der Waals surface area contributed by atoms with Crippen molar-refractivity contribution in [3.8, 4) is 23.0 Å². The molecule has 0 aliphatic rings. The van der Waals surface area contributed by atoms with Crippen LogP contribution in [0.2, 0.25) is 0 Å². The number of ketones is 1. The Morgan fingerprint density at radius 1 is 0.641 bits per heavy atom. The predicted octanol–water partition coefficient (Wildman–Crippen LogP) is 4.80. The van der Waals surface area contributed by atoms with Crippen molar-refractivity contribution in [2.75, 3.05) is 14.2 Å². The maximum Gasteiger partial charge on any atom is 0.335 e. The Hall–Kier alpha value is -5.44. The quantitative estimate of drug-likeness (QED) is 0.118. The lowest BCUT2D eigenvalue weighted by Crippen LogP contribution is -2.04. The van der Waals surface area contributed by atoms with Gasteiger partial charge in [0.2, 0.25) is 0 Å². The molecule has 0 aromatic heterocycles. The van der Waals surface area contributed by atoms with Gasteiger partial charge < -0.3 is 23.7 Å². The first-order valence-electron chi connectivity index (χ1n) is 11.2. The number of carbonyl (C=O) groups excluding carboxylic acids is 4. The van der Waals surface area contributed by atoms with Crippen molar-refractivity contribution >= 4 is 35.8 Å². The number of ether oxygens (including phenoxy) is 5. The van der Waals surface area contributed by atoms with Gasteiger partial charge in [0.25, 0.3) is 0 Å². The summed E-state index contributed by atoms with van der Waals surface area (Å²) in [6.45, 7) is 10.1. The van der Waals surface area contributed by atoms with Gasteiger partial charge in [0.15, 0.2) is 28.8 Å². The van der Waals surface area contributed by atoms with E-state index in [1.807, 2.05) is 0 Å². The molecule has 2 aromatic rings. The van der Waals surface area contributed by atoms with E-state index in [0.29, 0.717) is 11.1 Å². The van der Waals surface area contributed by atoms with Gasteiger partial charge in [-0.05, 0) is 47.5 Å². The number of carbonyl (C=O) groups is 4. The number of hydrogen-bond acceptors (Lipinski definition) is 9. The molecule has 2 aromatic carbocycles. The summed E-state index contributed by atoms with van der Waals surface area (Å²) in [7, 11) is 2.82. The van der Waals surface area contributed by atoms with E-state index in [1.54, 1.807) is 30.3 Å². The van der Waals surface area contributed by atoms with E-state index < -0.39 is 23.7 Å². The van der Waals surface area contributed by atoms with Crippen molar-refractivity contribution in [3.63, 3.8) is 0 Å². The van der Waals surface area contributed by atoms with Crippen molar-refractivity contribution in [2.45, 2.75) is 0 Å². The molecule has 0 aliphatic carbocycles. The van der Waals surface area contributed by atoms with Gasteiger partial charge in [-0.25, -0.2) is 14.4 Å². The molecule has 0 bridgehead atoms. The highest BCUT2D eigenvalue weighted by Crippen LogP contribution is 2.30. The molecule has 0 fully saturated rings. The van der Waals surface area contributed by atoms with Gasteiger partial charge in [0, 0.05) is 24.3 Å². The van der Waals surface area contributed by atoms with E-state index in [0.717, 1.165) is 24.3 Å². The summed E-state index contributed by atoms with van der Waals surface area (Å²) < 4.78 is 25.8. The van der Waals surface area contributed by atoms with E-state index in [4.69, 9.17) is 23.7 Å². The monoisotopic (exact) mass is 530 g/mol. The smallest absolute Gasteiger partial charge is 0.335 e. The second-order valence-electron chi connectivity index (χ2n) is 7.31. The summed E-state index contributed by atoms with van der Waals surface area (Å²) in [5.74, 6) is -1.65. The van der Waals surface area contributed by atoms with Gasteiger partial charge in [-0.1, -0.05) is 44.0 Å². The summed E-state index contributed by atoms with van der Waals surface area (Å²) in [6.07, 6.45) is 9.85. The number of allylic oxidation sites excluding steroid dienone is 3. The van der Waals surface area contributed by atoms with Crippen molar-refractivity contribution in [1.29, 1.82) is 0 Å². The van der Waals surface area contributed by atoms with E-state index >= 15 is 0 Å². The van der Waals surface area contributed by atoms with Crippen LogP contribution in [0.1, 0.15) is 11.1 Å². The fourth-order valence-electron chi connectivity index (χ4n) is 2.86. The fourth-order valence-corrected chi connectivity index (χ4v) is 2.86. The summed E-state index contributed by atoms with van der Waals surface area (Å²) in [5.41, 5.74) is 1.18. The molecule has 39 heavy (non-hydrogen) atoms. The lowest BCUT2D eigenvalue weighted by Gasteiger charge is -2.09. The van der Waals surface area contributed by atoms with E-state index in [-0.39, 0.29) is 28.8 Å². The van der Waals surface area contributed by atoms with E-state index in [9.17, 15) is 19.2 Å². The van der Waals surface area contributed by atoms with Crippen molar-refractivity contribution in [2.24, 2.45) is 0 Å². The molecular formula is C30H26O9. The maximum atomic E-state index is 12.6. The number of methoxy groups -OCH3 is 2. The Morgan fingerprint density at radius 2 is 1.10 bits per heavy atom. The van der Waals surface area contributed by atoms with E-state index in [1.165, 1.54) is 44.6 Å². The Balaban J connectivity index is 2.27. The molecule has 0 aliphatic heterocycles. The topological polar surface area (TPSA) is 114 Å². The highest BCUT2D eigenvalue weighted by atomic mass is 16.6. The third-order valence-electron chi connectivity index (χ3n) is 4.68. The minimum absolute atomic E-state index is 0.0556. The van der Waals surface area contributed by atoms with Crippen LogP contribution in [0.25, 0.3) is 12.2 Å². The van der Waals surface area contributed by atoms with Crippen LogP contribution < -0.4 is 18.9 Å². The van der Waals surface area contributed by atoms with Gasteiger partial charge in [-0.2, -0.15) is 0 Å². The summed E-state index contributed by atoms with van der Waals surface area (Å²) in [5, 5.41) is 0. The minimum atomic E-state index is -0.763. The Kier molecular flexibility index (Phi) is 11.4. The molecule has 0 heterocycles. The van der Waals surface area contributed by atoms with Crippen LogP contribution in [-0.2, 0) is 23.9 Å². The first-order valence-corrected chi connectivity index (χ1v) is 11.2. The predicted molar refractivity (Wildman–Crippen MR) is 145 cm³/mol. The second-order valence-corrected chi connectivity index (χ2v) is 7.31. The number of benzene rings is 2. The first-order chi connectivity index (χ1) is 18.7. The molecule has 0 amide bonds. The van der Waals surface area contributed by atoms with Gasteiger partial charge in [-0.3, -0.25) is 4.79 Å². The minimum Gasteiger partial charge on any atom is -0.493 e. The number of hydrogen-bond donors (Lipinski definition) is 0. The van der Waals surface area contributed by atoms with Crippen LogP contribution in [0, 0.1) is 0 Å². The van der Waals surface area contributed by atoms with Crippen LogP contribution in [-0.4, -0.2) is 37.9 Å². The summed E-state index contributed by atoms with van der Waals surface area (Å²) >= 11 is 0. The molecule has 0 saturated heterocycles. The Morgan fingerprint density at radius 3 is 1.54 bits per heavy atom. The molecule has 0 saturated carbocycles. The number of esters is 3. The van der Waals surface area contributed by atoms with Crippen LogP contribution in [0.4, 0.5) is 0 Å². The molecule has 0 radical (unpaired) electrons. The zero-order chi connectivity index (χ0) is 28.8. The van der Waals surface area contributed by atoms with Crippen molar-refractivity contribution in [1.82, 2.24) is 0 Å². The van der Waals surface area contributed by atoms with E-state index in [2.05, 4.69) is 19.7 Å². The lowest BCUT2D eigenvalue weighted by molar-refractivity contribution is -0.133. The largest absolute Gasteiger partial charge is 0.493 e. The normalized spacial score (nSPS) is 11.0. The van der Waals surface area contributed by atoms with Crippen LogP contribution in [0.3, 0.4) is 0 Å². The van der Waals surface area contributed by atoms with Gasteiger partial charge >= 0.3 is 17.9 Å². The lowest BCUT2D eigenvalue weighted by atomic mass is 10.1. The Bertz CT molecular complexity index is 1380. The molecule has 2 rings (SSSR count). The molecule has 0 unspecified atom stereocenters. The molecule has 0 atom stereocenters. The molecule has 0 N–H and O–H groups in total. The average Bonchev–Trinajstić information content (AvgIpc) is 2.95. The van der Waals surface area contributed by atoms with Gasteiger partial charge in [-0.15, -0.1) is 0 Å². The first kappa shape index (κ1) is 29.8. The average molecular weight is 531 g/mol. The third-order valence-corrected chi connectivity index (χ3v) is 4.68. The third kappa shape index (κ3) is 9.51. The van der Waals surface area contributed by atoms with Crippen molar-refractivity contribution < 1.29 is 42.9 Å². The Labute approximate surface area is 225 Å². The number of rotatable bonds is 13. The molecule has 9 nitrogen and oxygen atoms in total. The molecular weight excluding hydrogens is 504 g/mol. The van der Waals surface area contributed by atoms with Crippen LogP contribution in [0.15, 0.2) is 98.4 Å².